The Balaban J connectivity index is 0.000000913. The largest absolute Gasteiger partial charge is 0.497 e. The van der Waals surface area contributed by atoms with Gasteiger partial charge in [0.15, 0.2) is 0 Å². The minimum absolute atomic E-state index is 0.0300. The zero-order chi connectivity index (χ0) is 23.1. The third kappa shape index (κ3) is 5.79. The summed E-state index contributed by atoms with van der Waals surface area (Å²) in [5.74, 6) is 2.01. The SMILES string of the molecule is COc1cccc(CC(=O)N2C[C@H]3C[C@@H](C2)[C@H](CNC(C)=O)N2CCCC[C@@H]32)c1.O=CO. The number of piperidine rings is 3. The minimum Gasteiger partial charge on any atom is -0.497 e. The number of carbonyl (C=O) groups excluding carboxylic acids is 2. The molecule has 2 amide bonds. The van der Waals surface area contributed by atoms with Crippen LogP contribution in [0.2, 0.25) is 0 Å². The number of hydrogen-bond donors (Lipinski definition) is 2. The lowest BCUT2D eigenvalue weighted by Crippen LogP contribution is -2.66. The van der Waals surface area contributed by atoms with Gasteiger partial charge in [-0.05, 0) is 55.3 Å². The molecule has 2 bridgehead atoms. The fraction of sp³-hybridized carbons (Fsp3) is 0.625. The van der Waals surface area contributed by atoms with Gasteiger partial charge in [-0.3, -0.25) is 19.3 Å². The molecular weight excluding hydrogens is 410 g/mol. The Labute approximate surface area is 189 Å². The molecule has 0 spiro atoms. The molecule has 0 aromatic heterocycles. The highest BCUT2D eigenvalue weighted by Crippen LogP contribution is 2.41. The van der Waals surface area contributed by atoms with Crippen LogP contribution in [0.3, 0.4) is 0 Å². The Morgan fingerprint density at radius 3 is 2.72 bits per heavy atom. The van der Waals surface area contributed by atoms with E-state index in [1.54, 1.807) is 14.0 Å². The van der Waals surface area contributed by atoms with Crippen LogP contribution >= 0.6 is 0 Å². The van der Waals surface area contributed by atoms with Gasteiger partial charge in [0.05, 0.1) is 13.5 Å². The van der Waals surface area contributed by atoms with Crippen molar-refractivity contribution in [2.45, 2.75) is 51.1 Å². The van der Waals surface area contributed by atoms with Gasteiger partial charge in [-0.15, -0.1) is 0 Å². The summed E-state index contributed by atoms with van der Waals surface area (Å²) < 4.78 is 5.30. The predicted octanol–water partition coefficient (Wildman–Crippen LogP) is 1.78. The molecule has 3 saturated heterocycles. The molecule has 3 aliphatic rings. The molecule has 0 saturated carbocycles. The molecule has 3 heterocycles. The van der Waals surface area contributed by atoms with Crippen molar-refractivity contribution in [1.82, 2.24) is 15.1 Å². The van der Waals surface area contributed by atoms with Crippen LogP contribution in [0.5, 0.6) is 5.75 Å². The van der Waals surface area contributed by atoms with Crippen LogP contribution in [0.15, 0.2) is 24.3 Å². The first-order valence-electron chi connectivity index (χ1n) is 11.5. The molecule has 2 N–H and O–H groups in total. The van der Waals surface area contributed by atoms with E-state index >= 15 is 0 Å². The smallest absolute Gasteiger partial charge is 0.290 e. The van der Waals surface area contributed by atoms with E-state index < -0.39 is 0 Å². The minimum atomic E-state index is -0.250. The van der Waals surface area contributed by atoms with Gasteiger partial charge in [-0.25, -0.2) is 0 Å². The van der Waals surface area contributed by atoms with E-state index in [9.17, 15) is 9.59 Å². The number of nitrogens with one attached hydrogen (secondary N) is 1. The number of nitrogens with zero attached hydrogens (tertiary/aromatic N) is 2. The zero-order valence-corrected chi connectivity index (χ0v) is 19.0. The summed E-state index contributed by atoms with van der Waals surface area (Å²) in [7, 11) is 1.65. The summed E-state index contributed by atoms with van der Waals surface area (Å²) >= 11 is 0. The molecule has 1 aromatic carbocycles. The summed E-state index contributed by atoms with van der Waals surface area (Å²) in [5, 5.41) is 9.94. The van der Waals surface area contributed by atoms with Crippen LogP contribution in [0.25, 0.3) is 0 Å². The number of methoxy groups -OCH3 is 1. The maximum absolute atomic E-state index is 13.1. The van der Waals surface area contributed by atoms with Gasteiger partial charge in [0.25, 0.3) is 6.47 Å². The fourth-order valence-electron chi connectivity index (χ4n) is 5.71. The Morgan fingerprint density at radius 2 is 2.00 bits per heavy atom. The van der Waals surface area contributed by atoms with Crippen LogP contribution in [0.1, 0.15) is 38.2 Å². The highest BCUT2D eigenvalue weighted by molar-refractivity contribution is 5.79. The fourth-order valence-corrected chi connectivity index (χ4v) is 5.71. The molecular formula is C24H35N3O5. The van der Waals surface area contributed by atoms with Crippen molar-refractivity contribution in [3.63, 3.8) is 0 Å². The van der Waals surface area contributed by atoms with E-state index in [1.165, 1.54) is 25.7 Å². The molecule has 3 aliphatic heterocycles. The Bertz CT molecular complexity index is 802. The number of carbonyl (C=O) groups is 3. The van der Waals surface area contributed by atoms with Crippen molar-refractivity contribution in [2.75, 3.05) is 33.3 Å². The van der Waals surface area contributed by atoms with Gasteiger partial charge in [0.1, 0.15) is 5.75 Å². The van der Waals surface area contributed by atoms with Crippen molar-refractivity contribution in [3.05, 3.63) is 29.8 Å². The van der Waals surface area contributed by atoms with E-state index in [0.29, 0.717) is 36.9 Å². The second kappa shape index (κ2) is 11.3. The van der Waals surface area contributed by atoms with E-state index in [1.807, 2.05) is 24.3 Å². The topological polar surface area (TPSA) is 99.2 Å². The molecule has 1 aromatic rings. The summed E-state index contributed by atoms with van der Waals surface area (Å²) in [4.78, 5) is 37.8. The van der Waals surface area contributed by atoms with Gasteiger partial charge >= 0.3 is 0 Å². The number of carboxylic acid groups (broad SMARTS) is 1. The molecule has 0 aliphatic carbocycles. The molecule has 0 radical (unpaired) electrons. The summed E-state index contributed by atoms with van der Waals surface area (Å²) in [5.41, 5.74) is 0.999. The summed E-state index contributed by atoms with van der Waals surface area (Å²) in [6.07, 6.45) is 5.32. The average molecular weight is 446 g/mol. The lowest BCUT2D eigenvalue weighted by Gasteiger charge is -2.56. The first-order chi connectivity index (χ1) is 15.5. The number of hydrogen-bond acceptors (Lipinski definition) is 5. The first-order valence-corrected chi connectivity index (χ1v) is 11.5. The first kappa shape index (κ1) is 24.0. The van der Waals surface area contributed by atoms with Crippen LogP contribution in [-0.4, -0.2) is 78.6 Å². The number of rotatable bonds is 5. The second-order valence-corrected chi connectivity index (χ2v) is 8.99. The quantitative estimate of drug-likeness (QED) is 0.671. The van der Waals surface area contributed by atoms with E-state index in [2.05, 4.69) is 15.1 Å². The number of amides is 2. The summed E-state index contributed by atoms with van der Waals surface area (Å²) in [6.45, 7) is 4.82. The van der Waals surface area contributed by atoms with Gasteiger partial charge in [0.2, 0.25) is 11.8 Å². The molecule has 8 nitrogen and oxygen atoms in total. The number of fused-ring (bicyclic) bond motifs is 4. The number of ether oxygens (including phenoxy) is 1. The molecule has 32 heavy (non-hydrogen) atoms. The second-order valence-electron chi connectivity index (χ2n) is 8.99. The Kier molecular flexibility index (Phi) is 8.50. The maximum atomic E-state index is 13.1. The van der Waals surface area contributed by atoms with E-state index in [4.69, 9.17) is 14.6 Å². The number of likely N-dealkylation sites (tertiary alicyclic amines) is 1. The highest BCUT2D eigenvalue weighted by atomic mass is 16.5. The van der Waals surface area contributed by atoms with Gasteiger partial charge < -0.3 is 20.1 Å². The Morgan fingerprint density at radius 1 is 1.25 bits per heavy atom. The molecule has 4 rings (SSSR count). The maximum Gasteiger partial charge on any atom is 0.290 e. The number of benzene rings is 1. The van der Waals surface area contributed by atoms with E-state index in [-0.39, 0.29) is 18.3 Å². The van der Waals surface area contributed by atoms with Crippen LogP contribution < -0.4 is 10.1 Å². The van der Waals surface area contributed by atoms with Crippen molar-refractivity contribution >= 4 is 18.3 Å². The highest BCUT2D eigenvalue weighted by Gasteiger charge is 2.47. The summed E-state index contributed by atoms with van der Waals surface area (Å²) in [6, 6.07) is 8.68. The van der Waals surface area contributed by atoms with Crippen molar-refractivity contribution in [3.8, 4) is 5.75 Å². The van der Waals surface area contributed by atoms with Crippen molar-refractivity contribution in [1.29, 1.82) is 0 Å². The normalized spacial score (nSPS) is 26.8. The molecule has 3 fully saturated rings. The monoisotopic (exact) mass is 445 g/mol. The van der Waals surface area contributed by atoms with Crippen LogP contribution in [-0.2, 0) is 20.8 Å². The molecule has 176 valence electrons. The lowest BCUT2D eigenvalue weighted by atomic mass is 9.72. The van der Waals surface area contributed by atoms with Gasteiger partial charge in [-0.2, -0.15) is 0 Å². The lowest BCUT2D eigenvalue weighted by molar-refractivity contribution is -0.140. The molecule has 4 atom stereocenters. The standard InChI is InChI=1S/C23H33N3O3.CH2O2/c1-16(27)24-13-22-19-12-18(21-8-3-4-9-26(21)22)14-25(15-19)23(28)11-17-6-5-7-20(10-17)29-2;2-1-3/h5-7,10,18-19,21-22H,3-4,8-9,11-15H2,1-2H3,(H,24,27);1H,(H,2,3)/t18-,19+,21+,22+;/m1./s1. The van der Waals surface area contributed by atoms with Crippen molar-refractivity contribution in [2.24, 2.45) is 11.8 Å². The zero-order valence-electron chi connectivity index (χ0n) is 19.0. The Hall–Kier alpha value is -2.61. The third-order valence-electron chi connectivity index (χ3n) is 7.02. The van der Waals surface area contributed by atoms with Gasteiger partial charge in [0, 0.05) is 38.6 Å². The predicted molar refractivity (Wildman–Crippen MR) is 120 cm³/mol. The average Bonchev–Trinajstić information content (AvgIpc) is 2.79. The molecule has 0 unspecified atom stereocenters. The molecule has 8 heteroatoms. The van der Waals surface area contributed by atoms with E-state index in [0.717, 1.165) is 30.9 Å². The van der Waals surface area contributed by atoms with Crippen molar-refractivity contribution < 1.29 is 24.2 Å². The van der Waals surface area contributed by atoms with Crippen LogP contribution in [0.4, 0.5) is 0 Å². The van der Waals surface area contributed by atoms with Gasteiger partial charge in [-0.1, -0.05) is 18.6 Å². The van der Waals surface area contributed by atoms with Crippen LogP contribution in [0, 0.1) is 11.8 Å². The third-order valence-corrected chi connectivity index (χ3v) is 7.02.